The summed E-state index contributed by atoms with van der Waals surface area (Å²) < 4.78 is 30.6. The van der Waals surface area contributed by atoms with Crippen molar-refractivity contribution in [1.29, 1.82) is 0 Å². The number of carbonyl (C=O) groups is 2. The number of aryl methyl sites for hydroxylation is 1. The van der Waals surface area contributed by atoms with Crippen molar-refractivity contribution < 1.29 is 22.7 Å². The van der Waals surface area contributed by atoms with E-state index in [9.17, 15) is 22.8 Å². The van der Waals surface area contributed by atoms with Crippen LogP contribution in [-0.4, -0.2) is 54.8 Å². The van der Waals surface area contributed by atoms with Crippen LogP contribution in [0.1, 0.15) is 47.1 Å². The second-order valence-electron chi connectivity index (χ2n) is 11.3. The Morgan fingerprint density at radius 2 is 1.79 bits per heavy atom. The number of amides is 1. The van der Waals surface area contributed by atoms with Gasteiger partial charge in [-0.25, -0.2) is 18.1 Å². The van der Waals surface area contributed by atoms with E-state index in [0.717, 1.165) is 16.5 Å². The van der Waals surface area contributed by atoms with Crippen LogP contribution in [0.15, 0.2) is 70.5 Å². The van der Waals surface area contributed by atoms with Gasteiger partial charge in [-0.15, -0.1) is 0 Å². The molecule has 1 aliphatic rings. The zero-order valence-electron chi connectivity index (χ0n) is 24.4. The van der Waals surface area contributed by atoms with Crippen LogP contribution in [0, 0.1) is 0 Å². The van der Waals surface area contributed by atoms with Gasteiger partial charge in [-0.1, -0.05) is 39.0 Å². The summed E-state index contributed by atoms with van der Waals surface area (Å²) in [6.07, 6.45) is 2.94. The molecule has 2 aromatic carbocycles. The number of ether oxygens (including phenoxy) is 1. The average molecular weight is 602 g/mol. The lowest BCUT2D eigenvalue weighted by molar-refractivity contribution is 0.0989. The third-order valence-corrected chi connectivity index (χ3v) is 8.25. The molecule has 0 spiro atoms. The minimum Gasteiger partial charge on any atom is -0.491 e. The highest BCUT2D eigenvalue weighted by Gasteiger charge is 2.29. The smallest absolute Gasteiger partial charge is 0.290 e. The van der Waals surface area contributed by atoms with Crippen molar-refractivity contribution in [1.82, 2.24) is 14.8 Å². The molecule has 222 valence electrons. The number of sulfone groups is 1. The van der Waals surface area contributed by atoms with Crippen LogP contribution in [0.3, 0.4) is 0 Å². The molecule has 0 unspecified atom stereocenters. The molecule has 43 heavy (non-hydrogen) atoms. The van der Waals surface area contributed by atoms with Crippen molar-refractivity contribution in [2.75, 3.05) is 29.6 Å². The molecule has 5 rings (SSSR count). The van der Waals surface area contributed by atoms with E-state index >= 15 is 0 Å². The lowest BCUT2D eigenvalue weighted by Crippen LogP contribution is -2.33. The first-order valence-corrected chi connectivity index (χ1v) is 15.4. The number of nitrogens with zero attached hydrogens (tertiary/aromatic N) is 4. The normalized spacial score (nSPS) is 13.6. The number of benzene rings is 2. The molecule has 0 saturated carbocycles. The summed E-state index contributed by atoms with van der Waals surface area (Å²) in [6.45, 7) is 6.69. The van der Waals surface area contributed by atoms with Gasteiger partial charge in [-0.2, -0.15) is 5.10 Å². The fraction of sp³-hybridized carbons (Fsp3) is 0.258. The van der Waals surface area contributed by atoms with Gasteiger partial charge in [0.25, 0.3) is 11.5 Å². The van der Waals surface area contributed by atoms with Crippen LogP contribution in [0.2, 0.25) is 0 Å². The third kappa shape index (κ3) is 5.91. The van der Waals surface area contributed by atoms with Gasteiger partial charge in [-0.05, 0) is 47.4 Å². The van der Waals surface area contributed by atoms with Gasteiger partial charge in [0.05, 0.1) is 28.4 Å². The highest BCUT2D eigenvalue weighted by molar-refractivity contribution is 7.90. The maximum atomic E-state index is 13.8. The fourth-order valence-corrected chi connectivity index (χ4v) is 5.35. The summed E-state index contributed by atoms with van der Waals surface area (Å²) >= 11 is 0. The zero-order chi connectivity index (χ0) is 31.1. The predicted octanol–water partition coefficient (Wildman–Crippen LogP) is 4.14. The third-order valence-electron chi connectivity index (χ3n) is 7.15. The second kappa shape index (κ2) is 11.1. The Hall–Kier alpha value is -4.84. The number of anilines is 3. The molecule has 0 radical (unpaired) electrons. The molecule has 1 aliphatic heterocycles. The molecule has 1 N–H and O–H groups in total. The number of hydrogen-bond acceptors (Lipinski definition) is 9. The summed E-state index contributed by atoms with van der Waals surface area (Å²) in [6, 6.07) is 15.0. The predicted molar refractivity (Wildman–Crippen MR) is 163 cm³/mol. The van der Waals surface area contributed by atoms with Crippen molar-refractivity contribution >= 4 is 39.2 Å². The maximum Gasteiger partial charge on any atom is 0.290 e. The number of carbonyl (C=O) groups excluding carboxylic acids is 2. The molecule has 3 heterocycles. The van der Waals surface area contributed by atoms with Crippen molar-refractivity contribution in [2.45, 2.75) is 31.1 Å². The van der Waals surface area contributed by atoms with E-state index < -0.39 is 15.4 Å². The Balaban J connectivity index is 1.53. The van der Waals surface area contributed by atoms with Crippen LogP contribution in [0.4, 0.5) is 17.2 Å². The van der Waals surface area contributed by atoms with E-state index in [2.05, 4.69) is 36.2 Å². The Bertz CT molecular complexity index is 1910. The highest BCUT2D eigenvalue weighted by atomic mass is 32.2. The minimum absolute atomic E-state index is 0.0412. The van der Waals surface area contributed by atoms with Crippen LogP contribution in [0.25, 0.3) is 11.3 Å². The number of pyridine rings is 1. The number of fused-ring (bicyclic) bond motifs is 1. The quantitative estimate of drug-likeness (QED) is 0.323. The Kier molecular flexibility index (Phi) is 7.65. The summed E-state index contributed by atoms with van der Waals surface area (Å²) in [4.78, 5) is 44.9. The summed E-state index contributed by atoms with van der Waals surface area (Å²) in [5.41, 5.74) is 2.27. The Morgan fingerprint density at radius 3 is 2.44 bits per heavy atom. The molecule has 1 amide bonds. The van der Waals surface area contributed by atoms with E-state index in [1.54, 1.807) is 24.3 Å². The fourth-order valence-electron chi connectivity index (χ4n) is 4.79. The molecule has 0 bridgehead atoms. The van der Waals surface area contributed by atoms with E-state index in [-0.39, 0.29) is 46.4 Å². The number of nitrogens with one attached hydrogen (secondary N) is 1. The first-order valence-electron chi connectivity index (χ1n) is 13.5. The van der Waals surface area contributed by atoms with Crippen LogP contribution in [0.5, 0.6) is 5.75 Å². The molecule has 4 aromatic rings. The molecule has 0 saturated heterocycles. The number of rotatable bonds is 6. The minimum atomic E-state index is -3.44. The lowest BCUT2D eigenvalue weighted by Gasteiger charge is -2.23. The highest BCUT2D eigenvalue weighted by Crippen LogP contribution is 2.35. The van der Waals surface area contributed by atoms with Gasteiger partial charge < -0.3 is 15.0 Å². The van der Waals surface area contributed by atoms with Gasteiger partial charge in [0.2, 0.25) is 0 Å². The lowest BCUT2D eigenvalue weighted by atomic mass is 9.86. The average Bonchev–Trinajstić information content (AvgIpc) is 3.12. The molecule has 0 fully saturated rings. The van der Waals surface area contributed by atoms with Gasteiger partial charge in [0, 0.05) is 30.6 Å². The van der Waals surface area contributed by atoms with Crippen molar-refractivity contribution in [3.8, 4) is 17.0 Å². The van der Waals surface area contributed by atoms with E-state index in [0.29, 0.717) is 34.5 Å². The molecular weight excluding hydrogens is 570 g/mol. The molecular formula is C31H31N5O6S. The molecule has 0 aliphatic carbocycles. The van der Waals surface area contributed by atoms with Gasteiger partial charge in [0.15, 0.2) is 16.1 Å². The van der Waals surface area contributed by atoms with E-state index in [1.165, 1.54) is 36.3 Å². The number of aldehydes is 1. The van der Waals surface area contributed by atoms with Gasteiger partial charge in [-0.3, -0.25) is 14.4 Å². The van der Waals surface area contributed by atoms with Gasteiger partial charge in [0.1, 0.15) is 23.9 Å². The SMILES string of the molecule is Cn1nc(-c2cccc(N3CCOc4cc(C(C)(C)C)ccc4C3=O)c2C=O)cc(Nc2ccc(S(C)(=O)=O)cn2)c1=O. The molecule has 11 nitrogen and oxygen atoms in total. The zero-order valence-corrected chi connectivity index (χ0v) is 25.2. The standard InChI is InChI=1S/C31H31N5O6S/c1-31(2,3)19-9-11-22-27(15-19)42-14-13-36(29(22)38)26-8-6-7-21(23(26)18-37)24-16-25(30(39)35(4)34-24)33-28-12-10-20(17-32-28)43(5,40)41/h6-12,15-18H,13-14H2,1-5H3,(H,32,33). The van der Waals surface area contributed by atoms with Crippen LogP contribution >= 0.6 is 0 Å². The first kappa shape index (κ1) is 29.6. The number of hydrogen-bond donors (Lipinski definition) is 1. The second-order valence-corrected chi connectivity index (χ2v) is 13.3. The molecule has 2 aromatic heterocycles. The number of aromatic nitrogens is 3. The van der Waals surface area contributed by atoms with Crippen LogP contribution in [-0.2, 0) is 22.3 Å². The summed E-state index contributed by atoms with van der Waals surface area (Å²) in [5, 5.41) is 7.28. The topological polar surface area (TPSA) is 141 Å². The maximum absolute atomic E-state index is 13.8. The Morgan fingerprint density at radius 1 is 1.02 bits per heavy atom. The largest absolute Gasteiger partial charge is 0.491 e. The summed E-state index contributed by atoms with van der Waals surface area (Å²) in [7, 11) is -1.96. The van der Waals surface area contributed by atoms with Crippen molar-refractivity contribution in [3.63, 3.8) is 0 Å². The first-order chi connectivity index (χ1) is 20.3. The summed E-state index contributed by atoms with van der Waals surface area (Å²) in [5.74, 6) is 0.444. The molecule has 12 heteroatoms. The van der Waals surface area contributed by atoms with Crippen molar-refractivity contribution in [3.05, 3.63) is 87.8 Å². The van der Waals surface area contributed by atoms with Crippen molar-refractivity contribution in [2.24, 2.45) is 7.05 Å². The Labute approximate surface area is 249 Å². The monoisotopic (exact) mass is 601 g/mol. The van der Waals surface area contributed by atoms with Gasteiger partial charge >= 0.3 is 0 Å². The van der Waals surface area contributed by atoms with Crippen LogP contribution < -0.4 is 20.5 Å². The van der Waals surface area contributed by atoms with E-state index in [1.807, 2.05) is 12.1 Å². The van der Waals surface area contributed by atoms with E-state index in [4.69, 9.17) is 4.74 Å². The molecule has 0 atom stereocenters.